The van der Waals surface area contributed by atoms with Crippen LogP contribution in [0.5, 0.6) is 0 Å². The molecule has 0 saturated carbocycles. The molecular formula is C17H16N2O3S2. The third kappa shape index (κ3) is 4.37. The number of hydrogen-bond donors (Lipinski definition) is 1. The summed E-state index contributed by atoms with van der Waals surface area (Å²) in [5.41, 5.74) is 7.49. The highest BCUT2D eigenvalue weighted by Crippen LogP contribution is 2.39. The molecule has 7 heteroatoms. The van der Waals surface area contributed by atoms with Crippen molar-refractivity contribution in [3.8, 4) is 6.07 Å². The van der Waals surface area contributed by atoms with E-state index in [0.29, 0.717) is 15.5 Å². The van der Waals surface area contributed by atoms with Crippen molar-refractivity contribution in [1.82, 2.24) is 0 Å². The second-order valence-corrected chi connectivity index (χ2v) is 7.06. The van der Waals surface area contributed by atoms with Crippen LogP contribution in [0, 0.1) is 11.3 Å². The van der Waals surface area contributed by atoms with E-state index in [2.05, 4.69) is 6.07 Å². The summed E-state index contributed by atoms with van der Waals surface area (Å²) in [6, 6.07) is 11.8. The first-order valence-electron chi connectivity index (χ1n) is 7.24. The summed E-state index contributed by atoms with van der Waals surface area (Å²) in [7, 11) is 0. The zero-order valence-corrected chi connectivity index (χ0v) is 14.7. The molecule has 0 amide bonds. The molecule has 0 radical (unpaired) electrons. The van der Waals surface area contributed by atoms with Gasteiger partial charge >= 0.3 is 5.97 Å². The molecule has 0 fully saturated rings. The molecule has 2 aromatic rings. The summed E-state index contributed by atoms with van der Waals surface area (Å²) in [6.45, 7) is 1.89. The number of Topliss-reactive ketones (excluding diaryl/α,β-unsaturated/α-hetero) is 1. The van der Waals surface area contributed by atoms with E-state index in [0.717, 1.165) is 16.9 Å². The van der Waals surface area contributed by atoms with Crippen molar-refractivity contribution in [2.75, 3.05) is 12.3 Å². The van der Waals surface area contributed by atoms with Crippen LogP contribution in [0.4, 0.5) is 5.69 Å². The number of carbonyl (C=O) groups is 2. The number of ketones is 1. The Morgan fingerprint density at radius 3 is 2.67 bits per heavy atom. The average molecular weight is 360 g/mol. The van der Waals surface area contributed by atoms with Crippen molar-refractivity contribution < 1.29 is 14.3 Å². The van der Waals surface area contributed by atoms with E-state index in [4.69, 9.17) is 10.5 Å². The lowest BCUT2D eigenvalue weighted by atomic mass is 10.2. The lowest BCUT2D eigenvalue weighted by molar-refractivity contribution is -0.141. The minimum atomic E-state index is -0.590. The molecule has 0 saturated heterocycles. The SMILES string of the molecule is CCOC(=O)CC(=O)c1sc(SCc2ccccc2)c(C#N)c1N. The molecule has 24 heavy (non-hydrogen) atoms. The van der Waals surface area contributed by atoms with Crippen LogP contribution < -0.4 is 5.73 Å². The Bertz CT molecular complexity index is 779. The molecule has 0 aliphatic heterocycles. The molecule has 0 aliphatic rings. The zero-order chi connectivity index (χ0) is 17.5. The second-order valence-electron chi connectivity index (χ2n) is 4.80. The molecule has 1 heterocycles. The number of thioether (sulfide) groups is 1. The number of esters is 1. The summed E-state index contributed by atoms with van der Waals surface area (Å²) >= 11 is 2.61. The van der Waals surface area contributed by atoms with Crippen molar-refractivity contribution in [2.24, 2.45) is 0 Å². The number of nitriles is 1. The average Bonchev–Trinajstić information content (AvgIpc) is 2.90. The summed E-state index contributed by atoms with van der Waals surface area (Å²) in [5.74, 6) is -0.340. The summed E-state index contributed by atoms with van der Waals surface area (Å²) in [4.78, 5) is 23.9. The Balaban J connectivity index is 2.17. The monoisotopic (exact) mass is 360 g/mol. The molecular weight excluding hydrogens is 344 g/mol. The minimum absolute atomic E-state index is 0.146. The number of nitrogens with two attached hydrogens (primary N) is 1. The molecule has 0 spiro atoms. The van der Waals surface area contributed by atoms with Crippen LogP contribution >= 0.6 is 23.1 Å². The number of thiophene rings is 1. The van der Waals surface area contributed by atoms with Crippen molar-refractivity contribution in [1.29, 1.82) is 5.26 Å². The number of anilines is 1. The van der Waals surface area contributed by atoms with Crippen LogP contribution in [0.3, 0.4) is 0 Å². The first kappa shape index (κ1) is 18.0. The van der Waals surface area contributed by atoms with E-state index in [1.807, 2.05) is 30.3 Å². The lowest BCUT2D eigenvalue weighted by Crippen LogP contribution is -2.11. The molecule has 124 valence electrons. The third-order valence-corrected chi connectivity index (χ3v) is 5.69. The van der Waals surface area contributed by atoms with E-state index in [1.54, 1.807) is 6.92 Å². The predicted molar refractivity (Wildman–Crippen MR) is 95.0 cm³/mol. The van der Waals surface area contributed by atoms with Crippen LogP contribution in [0.1, 0.15) is 34.1 Å². The molecule has 0 unspecified atom stereocenters. The van der Waals surface area contributed by atoms with E-state index in [-0.39, 0.29) is 23.6 Å². The van der Waals surface area contributed by atoms with E-state index in [9.17, 15) is 14.9 Å². The topological polar surface area (TPSA) is 93.2 Å². The normalized spacial score (nSPS) is 10.2. The molecule has 1 aromatic carbocycles. The van der Waals surface area contributed by atoms with E-state index in [1.165, 1.54) is 11.8 Å². The number of rotatable bonds is 7. The van der Waals surface area contributed by atoms with Gasteiger partial charge in [-0.3, -0.25) is 9.59 Å². The Labute approximate surface area is 148 Å². The van der Waals surface area contributed by atoms with Crippen molar-refractivity contribution in [3.05, 3.63) is 46.3 Å². The van der Waals surface area contributed by atoms with Gasteiger partial charge in [0.1, 0.15) is 18.1 Å². The van der Waals surface area contributed by atoms with Gasteiger partial charge in [-0.15, -0.1) is 23.1 Å². The largest absolute Gasteiger partial charge is 0.466 e. The van der Waals surface area contributed by atoms with Gasteiger partial charge in [-0.25, -0.2) is 0 Å². The Morgan fingerprint density at radius 2 is 2.04 bits per heavy atom. The van der Waals surface area contributed by atoms with Gasteiger partial charge in [-0.05, 0) is 12.5 Å². The fourth-order valence-electron chi connectivity index (χ4n) is 1.98. The fraction of sp³-hybridized carbons (Fsp3) is 0.235. The molecule has 1 aromatic heterocycles. The Morgan fingerprint density at radius 1 is 1.33 bits per heavy atom. The number of hydrogen-bond acceptors (Lipinski definition) is 7. The van der Waals surface area contributed by atoms with E-state index < -0.39 is 11.8 Å². The molecule has 0 bridgehead atoms. The van der Waals surface area contributed by atoms with Gasteiger partial charge in [0.15, 0.2) is 5.78 Å². The van der Waals surface area contributed by atoms with Gasteiger partial charge < -0.3 is 10.5 Å². The van der Waals surface area contributed by atoms with E-state index >= 15 is 0 Å². The number of nitrogen functional groups attached to an aromatic ring is 1. The maximum Gasteiger partial charge on any atom is 0.313 e. The summed E-state index contributed by atoms with van der Waals surface area (Å²) in [5, 5.41) is 9.32. The van der Waals surface area contributed by atoms with Gasteiger partial charge in [-0.2, -0.15) is 5.26 Å². The van der Waals surface area contributed by atoms with Crippen molar-refractivity contribution in [3.63, 3.8) is 0 Å². The van der Waals surface area contributed by atoms with Crippen molar-refractivity contribution in [2.45, 2.75) is 23.3 Å². The van der Waals surface area contributed by atoms with Crippen LogP contribution in [-0.2, 0) is 15.3 Å². The molecule has 0 aliphatic carbocycles. The van der Waals surface area contributed by atoms with Crippen LogP contribution in [0.15, 0.2) is 34.5 Å². The third-order valence-electron chi connectivity index (χ3n) is 3.10. The van der Waals surface area contributed by atoms with Gasteiger partial charge in [-0.1, -0.05) is 30.3 Å². The number of carbonyl (C=O) groups excluding carboxylic acids is 2. The van der Waals surface area contributed by atoms with Crippen LogP contribution in [0.25, 0.3) is 0 Å². The highest BCUT2D eigenvalue weighted by molar-refractivity contribution is 8.00. The smallest absolute Gasteiger partial charge is 0.313 e. The van der Waals surface area contributed by atoms with Crippen LogP contribution in [-0.4, -0.2) is 18.4 Å². The summed E-state index contributed by atoms with van der Waals surface area (Å²) < 4.78 is 5.46. The Hall–Kier alpha value is -2.30. The van der Waals surface area contributed by atoms with Gasteiger partial charge in [0.2, 0.25) is 0 Å². The number of benzene rings is 1. The van der Waals surface area contributed by atoms with Gasteiger partial charge in [0.25, 0.3) is 0 Å². The van der Waals surface area contributed by atoms with Gasteiger partial charge in [0, 0.05) is 5.75 Å². The standard InChI is InChI=1S/C17H16N2O3S2/c1-2-22-14(21)8-13(20)16-15(19)12(9-18)17(24-16)23-10-11-6-4-3-5-7-11/h3-7H,2,8,10,19H2,1H3. The minimum Gasteiger partial charge on any atom is -0.466 e. The first-order valence-corrected chi connectivity index (χ1v) is 9.04. The van der Waals surface area contributed by atoms with Crippen LogP contribution in [0.2, 0.25) is 0 Å². The summed E-state index contributed by atoms with van der Waals surface area (Å²) in [6.07, 6.45) is -0.369. The molecule has 0 atom stereocenters. The van der Waals surface area contributed by atoms with Crippen molar-refractivity contribution >= 4 is 40.5 Å². The first-order chi connectivity index (χ1) is 11.6. The maximum atomic E-state index is 12.2. The highest BCUT2D eigenvalue weighted by atomic mass is 32.2. The Kier molecular flexibility index (Phi) is 6.41. The zero-order valence-electron chi connectivity index (χ0n) is 13.1. The number of nitrogens with zero attached hydrogens (tertiary/aromatic N) is 1. The maximum absolute atomic E-state index is 12.2. The molecule has 2 rings (SSSR count). The molecule has 5 nitrogen and oxygen atoms in total. The second kappa shape index (κ2) is 8.52. The predicted octanol–water partition coefficient (Wildman–Crippen LogP) is 3.63. The lowest BCUT2D eigenvalue weighted by Gasteiger charge is -2.00. The number of ether oxygens (including phenoxy) is 1. The molecule has 2 N–H and O–H groups in total. The fourth-order valence-corrected chi connectivity index (χ4v) is 4.28. The highest BCUT2D eigenvalue weighted by Gasteiger charge is 2.23. The quantitative estimate of drug-likeness (QED) is 0.351. The van der Waals surface area contributed by atoms with Gasteiger partial charge in [0.05, 0.1) is 21.4 Å².